The van der Waals surface area contributed by atoms with Crippen LogP contribution in [-0.2, 0) is 28.7 Å². The lowest BCUT2D eigenvalue weighted by Gasteiger charge is -2.26. The van der Waals surface area contributed by atoms with Crippen molar-refractivity contribution in [3.8, 4) is 0 Å². The smallest absolute Gasteiger partial charge is 0.242 e. The van der Waals surface area contributed by atoms with Gasteiger partial charge in [-0.1, -0.05) is 11.1 Å². The molecule has 2 saturated heterocycles. The topological polar surface area (TPSA) is 129 Å². The molecule has 184 valence electrons. The second-order valence-electron chi connectivity index (χ2n) is 9.34. The minimum atomic E-state index is -0.840. The Bertz CT molecular complexity index is 801. The monoisotopic (exact) mass is 464 g/mol. The predicted molar refractivity (Wildman–Crippen MR) is 120 cm³/mol. The van der Waals surface area contributed by atoms with Gasteiger partial charge in [-0.25, -0.2) is 0 Å². The average molecular weight is 465 g/mol. The molecule has 3 N–H and O–H groups in total. The summed E-state index contributed by atoms with van der Waals surface area (Å²) in [5.74, 6) is -1.31. The number of Topliss-reactive ketones (excluding diaryl/α,β-unsaturated/α-hetero) is 1. The van der Waals surface area contributed by atoms with Crippen LogP contribution in [0.5, 0.6) is 0 Å². The van der Waals surface area contributed by atoms with E-state index >= 15 is 0 Å². The highest BCUT2D eigenvalue weighted by molar-refractivity contribution is 5.97. The van der Waals surface area contributed by atoms with Crippen LogP contribution in [0, 0.1) is 0 Å². The summed E-state index contributed by atoms with van der Waals surface area (Å²) in [5.41, 5.74) is 1.64. The highest BCUT2D eigenvalue weighted by Gasteiger charge is 2.50. The van der Waals surface area contributed by atoms with Crippen LogP contribution in [0.2, 0.25) is 0 Å². The molecule has 0 spiro atoms. The zero-order valence-electron chi connectivity index (χ0n) is 19.8. The minimum absolute atomic E-state index is 0.141. The Morgan fingerprint density at radius 2 is 1.79 bits per heavy atom. The molecule has 3 amide bonds. The second-order valence-corrected chi connectivity index (χ2v) is 9.34. The first-order valence-electron chi connectivity index (χ1n) is 11.7. The van der Waals surface area contributed by atoms with Crippen LogP contribution in [0.4, 0.5) is 0 Å². The molecule has 0 bridgehead atoms. The standard InChI is InChI=1S/C23H36N4O6/c1-15-5-4-6-17(15)11-18(21(30)23(3)14-33-23)26-19(28)12-24-22(31)16(2)25-20(29)13-27-7-9-32-10-8-27/h16,18H,4-14H2,1-3H3,(H,24,31)(H,25,29)(H,26,28)/t16-,18-,23+/m0/s1. The van der Waals surface area contributed by atoms with Crippen LogP contribution >= 0.6 is 0 Å². The Morgan fingerprint density at radius 3 is 2.39 bits per heavy atom. The fourth-order valence-electron chi connectivity index (χ4n) is 4.19. The van der Waals surface area contributed by atoms with E-state index in [0.717, 1.165) is 19.3 Å². The highest BCUT2D eigenvalue weighted by Crippen LogP contribution is 2.33. The van der Waals surface area contributed by atoms with Gasteiger partial charge >= 0.3 is 0 Å². The van der Waals surface area contributed by atoms with E-state index in [1.54, 1.807) is 13.8 Å². The van der Waals surface area contributed by atoms with Crippen LogP contribution in [-0.4, -0.2) is 92.1 Å². The van der Waals surface area contributed by atoms with Gasteiger partial charge in [0.05, 0.1) is 39.0 Å². The van der Waals surface area contributed by atoms with E-state index in [1.807, 2.05) is 4.90 Å². The van der Waals surface area contributed by atoms with E-state index in [0.29, 0.717) is 39.3 Å². The predicted octanol–water partition coefficient (Wildman–Crippen LogP) is -0.327. The summed E-state index contributed by atoms with van der Waals surface area (Å²) in [4.78, 5) is 51.9. The molecule has 2 heterocycles. The summed E-state index contributed by atoms with van der Waals surface area (Å²) in [6.45, 7) is 8.16. The third-order valence-corrected chi connectivity index (χ3v) is 6.50. The summed E-state index contributed by atoms with van der Waals surface area (Å²) >= 11 is 0. The number of ether oxygens (including phenoxy) is 2. The van der Waals surface area contributed by atoms with Crippen LogP contribution in [0.25, 0.3) is 0 Å². The minimum Gasteiger partial charge on any atom is -0.379 e. The number of ketones is 1. The first-order chi connectivity index (χ1) is 15.7. The van der Waals surface area contributed by atoms with E-state index in [9.17, 15) is 19.2 Å². The van der Waals surface area contributed by atoms with E-state index < -0.39 is 29.5 Å². The molecule has 2 aliphatic heterocycles. The van der Waals surface area contributed by atoms with Gasteiger partial charge in [0.15, 0.2) is 5.78 Å². The molecule has 0 aromatic heterocycles. The Morgan fingerprint density at radius 1 is 1.09 bits per heavy atom. The first-order valence-corrected chi connectivity index (χ1v) is 11.7. The summed E-state index contributed by atoms with van der Waals surface area (Å²) in [6, 6.07) is -1.47. The number of nitrogens with zero attached hydrogens (tertiary/aromatic N) is 1. The number of hydrogen-bond acceptors (Lipinski definition) is 7. The van der Waals surface area contributed by atoms with Crippen molar-refractivity contribution >= 4 is 23.5 Å². The van der Waals surface area contributed by atoms with Crippen LogP contribution in [0.3, 0.4) is 0 Å². The number of rotatable bonds is 11. The van der Waals surface area contributed by atoms with E-state index in [-0.39, 0.29) is 24.8 Å². The van der Waals surface area contributed by atoms with Gasteiger partial charge in [0, 0.05) is 13.1 Å². The van der Waals surface area contributed by atoms with Gasteiger partial charge in [-0.05, 0) is 46.5 Å². The van der Waals surface area contributed by atoms with E-state index in [1.165, 1.54) is 11.1 Å². The van der Waals surface area contributed by atoms with Gasteiger partial charge in [0.2, 0.25) is 17.7 Å². The number of allylic oxidation sites excluding steroid dienone is 1. The molecule has 0 radical (unpaired) electrons. The Balaban J connectivity index is 1.45. The molecular formula is C23H36N4O6. The number of hydrogen-bond donors (Lipinski definition) is 3. The molecule has 33 heavy (non-hydrogen) atoms. The maximum absolute atomic E-state index is 12.9. The van der Waals surface area contributed by atoms with Crippen molar-refractivity contribution < 1.29 is 28.7 Å². The van der Waals surface area contributed by atoms with Crippen molar-refractivity contribution in [3.63, 3.8) is 0 Å². The summed E-state index contributed by atoms with van der Waals surface area (Å²) in [5, 5.41) is 7.96. The van der Waals surface area contributed by atoms with Crippen molar-refractivity contribution in [2.75, 3.05) is 46.0 Å². The van der Waals surface area contributed by atoms with Crippen molar-refractivity contribution in [3.05, 3.63) is 11.1 Å². The molecule has 10 heteroatoms. The van der Waals surface area contributed by atoms with Gasteiger partial charge < -0.3 is 25.4 Å². The molecule has 3 atom stereocenters. The molecule has 1 aliphatic carbocycles. The molecule has 0 unspecified atom stereocenters. The highest BCUT2D eigenvalue weighted by atomic mass is 16.6. The van der Waals surface area contributed by atoms with Gasteiger partial charge in [0.1, 0.15) is 11.6 Å². The van der Waals surface area contributed by atoms with Gasteiger partial charge in [-0.2, -0.15) is 0 Å². The van der Waals surface area contributed by atoms with Crippen LogP contribution < -0.4 is 16.0 Å². The number of carbonyl (C=O) groups excluding carboxylic acids is 4. The molecular weight excluding hydrogens is 428 g/mol. The Hall–Kier alpha value is -2.30. The van der Waals surface area contributed by atoms with Crippen molar-refractivity contribution in [1.82, 2.24) is 20.9 Å². The number of nitrogens with one attached hydrogen (secondary N) is 3. The molecule has 3 rings (SSSR count). The molecule has 0 aromatic rings. The van der Waals surface area contributed by atoms with Gasteiger partial charge in [-0.3, -0.25) is 24.1 Å². The third-order valence-electron chi connectivity index (χ3n) is 6.50. The molecule has 3 aliphatic rings. The number of amides is 3. The largest absolute Gasteiger partial charge is 0.379 e. The lowest BCUT2D eigenvalue weighted by atomic mass is 9.93. The second kappa shape index (κ2) is 11.2. The van der Waals surface area contributed by atoms with Crippen molar-refractivity contribution in [2.45, 2.75) is 64.1 Å². The molecule has 0 saturated carbocycles. The number of morpholine rings is 1. The lowest BCUT2D eigenvalue weighted by Crippen LogP contribution is -2.52. The van der Waals surface area contributed by atoms with Gasteiger partial charge in [0.25, 0.3) is 0 Å². The summed E-state index contributed by atoms with van der Waals surface area (Å²) < 4.78 is 10.6. The summed E-state index contributed by atoms with van der Waals surface area (Å²) in [6.07, 6.45) is 3.48. The fraction of sp³-hybridized carbons (Fsp3) is 0.739. The zero-order chi connectivity index (χ0) is 24.0. The quantitative estimate of drug-likeness (QED) is 0.282. The fourth-order valence-corrected chi connectivity index (χ4v) is 4.19. The average Bonchev–Trinajstić information content (AvgIpc) is 3.41. The third kappa shape index (κ3) is 7.35. The SMILES string of the molecule is CC1=C(C[C@H](NC(=O)CNC(=O)[C@H](C)NC(=O)CN2CCOCC2)C(=O)[C@@]2(C)CO2)CCC1. The Kier molecular flexibility index (Phi) is 8.61. The molecule has 10 nitrogen and oxygen atoms in total. The zero-order valence-corrected chi connectivity index (χ0v) is 19.8. The van der Waals surface area contributed by atoms with Crippen LogP contribution in [0.1, 0.15) is 46.5 Å². The maximum Gasteiger partial charge on any atom is 0.242 e. The molecule has 2 fully saturated rings. The van der Waals surface area contributed by atoms with E-state index in [2.05, 4.69) is 22.9 Å². The molecule has 0 aromatic carbocycles. The summed E-state index contributed by atoms with van der Waals surface area (Å²) in [7, 11) is 0. The number of carbonyl (C=O) groups is 4. The van der Waals surface area contributed by atoms with Crippen molar-refractivity contribution in [2.24, 2.45) is 0 Å². The lowest BCUT2D eigenvalue weighted by molar-refractivity contribution is -0.132. The van der Waals surface area contributed by atoms with Crippen LogP contribution in [0.15, 0.2) is 11.1 Å². The number of epoxide rings is 1. The first kappa shape index (κ1) is 25.3. The normalized spacial score (nSPS) is 24.7. The maximum atomic E-state index is 12.9. The van der Waals surface area contributed by atoms with E-state index in [4.69, 9.17) is 9.47 Å². The van der Waals surface area contributed by atoms with Crippen molar-refractivity contribution in [1.29, 1.82) is 0 Å². The Labute approximate surface area is 194 Å². The van der Waals surface area contributed by atoms with Gasteiger partial charge in [-0.15, -0.1) is 0 Å².